The van der Waals surface area contributed by atoms with Crippen LogP contribution in [0.4, 0.5) is 0 Å². The number of likely N-dealkylation sites (tertiary alicyclic amines) is 1. The van der Waals surface area contributed by atoms with Gasteiger partial charge < -0.3 is 14.4 Å². The molecule has 0 amide bonds. The Morgan fingerprint density at radius 1 is 1.10 bits per heavy atom. The summed E-state index contributed by atoms with van der Waals surface area (Å²) >= 11 is 6.07. The maximum atomic E-state index is 11.4. The lowest BCUT2D eigenvalue weighted by molar-refractivity contribution is -0.137. The van der Waals surface area contributed by atoms with Gasteiger partial charge in [-0.15, -0.1) is 0 Å². The maximum Gasteiger partial charge on any atom is 0.330 e. The Morgan fingerprint density at radius 2 is 1.77 bits per heavy atom. The number of rotatable bonds is 10. The van der Waals surface area contributed by atoms with Crippen LogP contribution >= 0.6 is 11.6 Å². The second-order valence-electron chi connectivity index (χ2n) is 7.89. The zero-order chi connectivity index (χ0) is 21.9. The summed E-state index contributed by atoms with van der Waals surface area (Å²) in [5.74, 6) is 0.389. The Balaban J connectivity index is 1.45. The van der Waals surface area contributed by atoms with E-state index in [0.29, 0.717) is 19.1 Å². The van der Waals surface area contributed by atoms with Gasteiger partial charge in [-0.2, -0.15) is 0 Å². The lowest BCUT2D eigenvalue weighted by Crippen LogP contribution is -2.36. The first kappa shape index (κ1) is 23.5. The highest BCUT2D eigenvalue weighted by atomic mass is 35.5. The molecule has 1 aliphatic rings. The van der Waals surface area contributed by atoms with Crippen LogP contribution in [0.1, 0.15) is 43.4 Å². The summed E-state index contributed by atoms with van der Waals surface area (Å²) in [6, 6.07) is 18.2. The van der Waals surface area contributed by atoms with E-state index in [4.69, 9.17) is 21.1 Å². The number of halogens is 1. The van der Waals surface area contributed by atoms with Gasteiger partial charge in [-0.3, -0.25) is 0 Å². The van der Waals surface area contributed by atoms with E-state index in [1.54, 1.807) is 6.08 Å². The molecule has 1 unspecified atom stereocenters. The van der Waals surface area contributed by atoms with Crippen molar-refractivity contribution in [3.63, 3.8) is 0 Å². The quantitative estimate of drug-likeness (QED) is 0.352. The van der Waals surface area contributed by atoms with Crippen molar-refractivity contribution in [1.29, 1.82) is 0 Å². The largest absolute Gasteiger partial charge is 0.463 e. The van der Waals surface area contributed by atoms with Crippen LogP contribution < -0.4 is 0 Å². The molecule has 4 nitrogen and oxygen atoms in total. The third-order valence-corrected chi connectivity index (χ3v) is 5.94. The molecular weight excluding hydrogens is 410 g/mol. The molecular formula is C26H32ClNO3. The molecule has 0 spiro atoms. The van der Waals surface area contributed by atoms with Gasteiger partial charge in [0.1, 0.15) is 6.10 Å². The summed E-state index contributed by atoms with van der Waals surface area (Å²) in [5, 5.41) is 0.732. The molecule has 2 aromatic carbocycles. The molecule has 0 aliphatic carbocycles. The monoisotopic (exact) mass is 441 g/mol. The molecule has 0 aromatic heterocycles. The molecule has 0 radical (unpaired) electrons. The van der Waals surface area contributed by atoms with E-state index >= 15 is 0 Å². The smallest absolute Gasteiger partial charge is 0.330 e. The van der Waals surface area contributed by atoms with Crippen LogP contribution in [0.2, 0.25) is 5.02 Å². The normalized spacial score (nSPS) is 16.5. The molecule has 1 fully saturated rings. The van der Waals surface area contributed by atoms with Crippen LogP contribution in [0.3, 0.4) is 0 Å². The van der Waals surface area contributed by atoms with Crippen molar-refractivity contribution < 1.29 is 14.3 Å². The standard InChI is InChI=1S/C26H32ClNO3/c1-2-30-25(29)10-6-7-21-15-17-28(18-16-21)19-20-31-26(22-8-4-3-5-9-22)23-11-13-24(27)14-12-23/h3-6,8-14,21,26H,2,7,15-20H2,1H3. The zero-order valence-corrected chi connectivity index (χ0v) is 19.0. The Morgan fingerprint density at radius 3 is 2.45 bits per heavy atom. The van der Waals surface area contributed by atoms with Gasteiger partial charge >= 0.3 is 5.97 Å². The SMILES string of the molecule is CCOC(=O)C=CCC1CCN(CCOC(c2ccccc2)c2ccc(Cl)cc2)CC1. The highest BCUT2D eigenvalue weighted by Gasteiger charge is 2.19. The second kappa shape index (κ2) is 12.7. The summed E-state index contributed by atoms with van der Waals surface area (Å²) in [6.45, 7) is 5.98. The second-order valence-corrected chi connectivity index (χ2v) is 8.32. The van der Waals surface area contributed by atoms with E-state index in [9.17, 15) is 4.79 Å². The number of hydrogen-bond acceptors (Lipinski definition) is 4. The van der Waals surface area contributed by atoms with Gasteiger partial charge in [0.15, 0.2) is 0 Å². The fourth-order valence-electron chi connectivity index (χ4n) is 3.94. The summed E-state index contributed by atoms with van der Waals surface area (Å²) in [7, 11) is 0. The van der Waals surface area contributed by atoms with E-state index in [0.717, 1.165) is 55.0 Å². The highest BCUT2D eigenvalue weighted by molar-refractivity contribution is 6.30. The molecule has 2 aromatic rings. The number of nitrogens with zero attached hydrogens (tertiary/aromatic N) is 1. The molecule has 1 aliphatic heterocycles. The maximum absolute atomic E-state index is 11.4. The average Bonchev–Trinajstić information content (AvgIpc) is 2.79. The Labute approximate surface area is 190 Å². The number of carbonyl (C=O) groups is 1. The molecule has 0 bridgehead atoms. The van der Waals surface area contributed by atoms with E-state index in [1.807, 2.05) is 55.5 Å². The van der Waals surface area contributed by atoms with Gasteiger partial charge in [0, 0.05) is 17.6 Å². The van der Waals surface area contributed by atoms with Crippen molar-refractivity contribution in [1.82, 2.24) is 4.90 Å². The Kier molecular flexibility index (Phi) is 9.60. The van der Waals surface area contributed by atoms with E-state index in [1.165, 1.54) is 0 Å². The van der Waals surface area contributed by atoms with Gasteiger partial charge in [0.25, 0.3) is 0 Å². The van der Waals surface area contributed by atoms with Crippen LogP contribution in [0.25, 0.3) is 0 Å². The van der Waals surface area contributed by atoms with E-state index in [-0.39, 0.29) is 12.1 Å². The first-order valence-corrected chi connectivity index (χ1v) is 11.5. The zero-order valence-electron chi connectivity index (χ0n) is 18.2. The van der Waals surface area contributed by atoms with Crippen molar-refractivity contribution in [3.8, 4) is 0 Å². The van der Waals surface area contributed by atoms with Crippen molar-refractivity contribution in [2.24, 2.45) is 5.92 Å². The number of allylic oxidation sites excluding steroid dienone is 1. The predicted octanol–water partition coefficient (Wildman–Crippen LogP) is 5.67. The van der Waals surface area contributed by atoms with Crippen LogP contribution in [-0.2, 0) is 14.3 Å². The fraction of sp³-hybridized carbons (Fsp3) is 0.423. The lowest BCUT2D eigenvalue weighted by Gasteiger charge is -2.32. The number of carbonyl (C=O) groups excluding carboxylic acids is 1. The molecule has 1 atom stereocenters. The van der Waals surface area contributed by atoms with Crippen molar-refractivity contribution in [2.45, 2.75) is 32.3 Å². The summed E-state index contributed by atoms with van der Waals surface area (Å²) in [4.78, 5) is 13.9. The average molecular weight is 442 g/mol. The van der Waals surface area contributed by atoms with Crippen LogP contribution in [0.15, 0.2) is 66.7 Å². The van der Waals surface area contributed by atoms with Gasteiger partial charge in [0.2, 0.25) is 0 Å². The minimum absolute atomic E-state index is 0.0935. The van der Waals surface area contributed by atoms with Crippen molar-refractivity contribution in [3.05, 3.63) is 82.9 Å². The van der Waals surface area contributed by atoms with Gasteiger partial charge in [-0.05, 0) is 68.5 Å². The molecule has 166 valence electrons. The third-order valence-electron chi connectivity index (χ3n) is 5.68. The summed E-state index contributed by atoms with van der Waals surface area (Å²) in [5.41, 5.74) is 2.26. The summed E-state index contributed by atoms with van der Waals surface area (Å²) in [6.07, 6.45) is 6.65. The Hall–Kier alpha value is -2.14. The molecule has 1 saturated heterocycles. The summed E-state index contributed by atoms with van der Waals surface area (Å²) < 4.78 is 11.3. The van der Waals surface area contributed by atoms with E-state index < -0.39 is 0 Å². The lowest BCUT2D eigenvalue weighted by atomic mass is 9.93. The highest BCUT2D eigenvalue weighted by Crippen LogP contribution is 2.27. The topological polar surface area (TPSA) is 38.8 Å². The molecule has 1 heterocycles. The molecule has 0 N–H and O–H groups in total. The van der Waals surface area contributed by atoms with Gasteiger partial charge in [-0.25, -0.2) is 4.79 Å². The minimum atomic E-state index is -0.245. The predicted molar refractivity (Wildman–Crippen MR) is 125 cm³/mol. The number of hydrogen-bond donors (Lipinski definition) is 0. The fourth-order valence-corrected chi connectivity index (χ4v) is 4.07. The van der Waals surface area contributed by atoms with Gasteiger partial charge in [0.05, 0.1) is 13.2 Å². The van der Waals surface area contributed by atoms with Crippen LogP contribution in [-0.4, -0.2) is 43.7 Å². The molecule has 5 heteroatoms. The molecule has 0 saturated carbocycles. The van der Waals surface area contributed by atoms with Gasteiger partial charge in [-0.1, -0.05) is 60.1 Å². The first-order chi connectivity index (χ1) is 15.2. The number of piperidine rings is 1. The minimum Gasteiger partial charge on any atom is -0.463 e. The van der Waals surface area contributed by atoms with Crippen LogP contribution in [0, 0.1) is 5.92 Å². The van der Waals surface area contributed by atoms with E-state index in [2.05, 4.69) is 17.0 Å². The third kappa shape index (κ3) is 7.80. The van der Waals surface area contributed by atoms with Crippen molar-refractivity contribution >= 4 is 17.6 Å². The molecule has 3 rings (SSSR count). The number of benzene rings is 2. The first-order valence-electron chi connectivity index (χ1n) is 11.1. The molecule has 31 heavy (non-hydrogen) atoms. The van der Waals surface area contributed by atoms with Crippen molar-refractivity contribution in [2.75, 3.05) is 32.8 Å². The number of ether oxygens (including phenoxy) is 2. The number of esters is 1. The van der Waals surface area contributed by atoms with Crippen LogP contribution in [0.5, 0.6) is 0 Å². The Bertz CT molecular complexity index is 814.